The molecule has 1 aromatic rings. The van der Waals surface area contributed by atoms with Crippen LogP contribution in [0.5, 0.6) is 0 Å². The van der Waals surface area contributed by atoms with Crippen LogP contribution in [0.3, 0.4) is 0 Å². The van der Waals surface area contributed by atoms with Crippen LogP contribution in [-0.4, -0.2) is 39.3 Å². The highest BCUT2D eigenvalue weighted by Gasteiger charge is 2.29. The van der Waals surface area contributed by atoms with E-state index in [2.05, 4.69) is 39.4 Å². The van der Waals surface area contributed by atoms with Crippen molar-refractivity contribution < 1.29 is 0 Å². The summed E-state index contributed by atoms with van der Waals surface area (Å²) in [4.78, 5) is 5.28. The van der Waals surface area contributed by atoms with E-state index in [4.69, 9.17) is 0 Å². The van der Waals surface area contributed by atoms with Crippen LogP contribution < -0.4 is 15.1 Å². The molecule has 0 amide bonds. The first kappa shape index (κ1) is 13.4. The number of nitrogens with one attached hydrogen (secondary N) is 1. The molecular formula is C18H27N3. The lowest BCUT2D eigenvalue weighted by molar-refractivity contribution is 0.372. The fraction of sp³-hybridized carbons (Fsp3) is 0.667. The first-order valence-corrected chi connectivity index (χ1v) is 8.70. The molecule has 3 nitrogen and oxygen atoms in total. The number of rotatable bonds is 4. The second kappa shape index (κ2) is 5.88. The average Bonchev–Trinajstić information content (AvgIpc) is 3.35. The fourth-order valence-corrected chi connectivity index (χ4v) is 3.85. The maximum absolute atomic E-state index is 3.48. The minimum atomic E-state index is 0.870. The van der Waals surface area contributed by atoms with Crippen molar-refractivity contribution in [1.29, 1.82) is 0 Å². The smallest absolute Gasteiger partial charge is 0.0604 e. The Morgan fingerprint density at radius 2 is 1.33 bits per heavy atom. The maximum atomic E-state index is 3.48. The first-order valence-electron chi connectivity index (χ1n) is 8.70. The Kier molecular flexibility index (Phi) is 3.76. The normalized spacial score (nSPS) is 23.2. The van der Waals surface area contributed by atoms with Gasteiger partial charge in [-0.25, -0.2) is 0 Å². The molecule has 114 valence electrons. The number of nitrogens with zero attached hydrogens (tertiary/aromatic N) is 2. The van der Waals surface area contributed by atoms with E-state index >= 15 is 0 Å². The largest absolute Gasteiger partial charge is 0.368 e. The van der Waals surface area contributed by atoms with Gasteiger partial charge in [-0.05, 0) is 62.7 Å². The lowest BCUT2D eigenvalue weighted by Gasteiger charge is -2.41. The molecule has 21 heavy (non-hydrogen) atoms. The van der Waals surface area contributed by atoms with Gasteiger partial charge in [-0.1, -0.05) is 12.1 Å². The molecule has 0 unspecified atom stereocenters. The van der Waals surface area contributed by atoms with Crippen molar-refractivity contribution in [2.24, 2.45) is 11.8 Å². The third-order valence-corrected chi connectivity index (χ3v) is 5.32. The summed E-state index contributed by atoms with van der Waals surface area (Å²) in [6, 6.07) is 9.06. The average molecular weight is 285 g/mol. The summed E-state index contributed by atoms with van der Waals surface area (Å²) >= 11 is 0. The quantitative estimate of drug-likeness (QED) is 0.917. The van der Waals surface area contributed by atoms with Crippen molar-refractivity contribution in [3.8, 4) is 0 Å². The Labute approximate surface area is 128 Å². The lowest BCUT2D eigenvalue weighted by Crippen LogP contribution is -2.45. The van der Waals surface area contributed by atoms with Crippen LogP contribution in [0.4, 0.5) is 11.4 Å². The van der Waals surface area contributed by atoms with E-state index in [1.165, 1.54) is 76.3 Å². The van der Waals surface area contributed by atoms with Gasteiger partial charge in [0.1, 0.15) is 0 Å². The molecule has 0 radical (unpaired) electrons. The van der Waals surface area contributed by atoms with Gasteiger partial charge in [-0.2, -0.15) is 0 Å². The van der Waals surface area contributed by atoms with Gasteiger partial charge in [0.05, 0.1) is 11.4 Å². The van der Waals surface area contributed by atoms with Crippen LogP contribution >= 0.6 is 0 Å². The van der Waals surface area contributed by atoms with Crippen LogP contribution in [0.2, 0.25) is 0 Å². The van der Waals surface area contributed by atoms with Gasteiger partial charge < -0.3 is 15.1 Å². The van der Waals surface area contributed by atoms with E-state index in [-0.39, 0.29) is 0 Å². The molecule has 2 heterocycles. The molecule has 0 atom stereocenters. The molecular weight excluding hydrogens is 258 g/mol. The van der Waals surface area contributed by atoms with Gasteiger partial charge in [0, 0.05) is 26.2 Å². The molecule has 1 saturated carbocycles. The molecule has 3 heteroatoms. The summed E-state index contributed by atoms with van der Waals surface area (Å²) in [6.07, 6.45) is 5.56. The Bertz CT molecular complexity index is 477. The summed E-state index contributed by atoms with van der Waals surface area (Å²) in [5, 5.41) is 3.48. The molecule has 0 spiro atoms. The van der Waals surface area contributed by atoms with Crippen molar-refractivity contribution in [3.05, 3.63) is 24.3 Å². The lowest BCUT2D eigenvalue weighted by atomic mass is 9.96. The molecule has 4 rings (SSSR count). The summed E-state index contributed by atoms with van der Waals surface area (Å²) in [6.45, 7) is 7.34. The highest BCUT2D eigenvalue weighted by molar-refractivity contribution is 5.73. The third-order valence-electron chi connectivity index (χ3n) is 5.32. The van der Waals surface area contributed by atoms with Gasteiger partial charge in [0.15, 0.2) is 0 Å². The van der Waals surface area contributed by atoms with Gasteiger partial charge in [-0.15, -0.1) is 0 Å². The molecule has 1 saturated heterocycles. The molecule has 1 N–H and O–H groups in total. The number of fused-ring (bicyclic) bond motifs is 1. The van der Waals surface area contributed by atoms with Crippen LogP contribution in [0, 0.1) is 11.8 Å². The molecule has 0 aromatic heterocycles. The van der Waals surface area contributed by atoms with E-state index in [1.807, 2.05) is 0 Å². The zero-order valence-corrected chi connectivity index (χ0v) is 12.9. The number of piperidine rings is 1. The van der Waals surface area contributed by atoms with Crippen LogP contribution in [-0.2, 0) is 0 Å². The maximum Gasteiger partial charge on any atom is 0.0604 e. The summed E-state index contributed by atoms with van der Waals surface area (Å²) in [7, 11) is 0. The van der Waals surface area contributed by atoms with Crippen molar-refractivity contribution in [3.63, 3.8) is 0 Å². The van der Waals surface area contributed by atoms with E-state index in [1.54, 1.807) is 0 Å². The minimum absolute atomic E-state index is 0.870. The highest BCUT2D eigenvalue weighted by atomic mass is 15.3. The molecule has 3 aliphatic rings. The Morgan fingerprint density at radius 1 is 0.810 bits per heavy atom. The van der Waals surface area contributed by atoms with Crippen molar-refractivity contribution in [2.45, 2.75) is 25.7 Å². The van der Waals surface area contributed by atoms with Gasteiger partial charge >= 0.3 is 0 Å². The zero-order chi connectivity index (χ0) is 14.1. The van der Waals surface area contributed by atoms with E-state index in [9.17, 15) is 0 Å². The van der Waals surface area contributed by atoms with E-state index in [0.29, 0.717) is 0 Å². The fourth-order valence-electron chi connectivity index (χ4n) is 3.85. The Balaban J connectivity index is 1.49. The van der Waals surface area contributed by atoms with Crippen molar-refractivity contribution >= 4 is 11.4 Å². The summed E-state index contributed by atoms with van der Waals surface area (Å²) in [5.41, 5.74) is 2.95. The Hall–Kier alpha value is -1.22. The Morgan fingerprint density at radius 3 is 1.86 bits per heavy atom. The van der Waals surface area contributed by atoms with Gasteiger partial charge in [-0.3, -0.25) is 0 Å². The second-order valence-electron chi connectivity index (χ2n) is 7.02. The topological polar surface area (TPSA) is 18.5 Å². The first-order chi connectivity index (χ1) is 10.4. The van der Waals surface area contributed by atoms with Gasteiger partial charge in [0.25, 0.3) is 0 Å². The van der Waals surface area contributed by atoms with Crippen LogP contribution in [0.25, 0.3) is 0 Å². The number of anilines is 2. The zero-order valence-electron chi connectivity index (χ0n) is 12.9. The predicted molar refractivity (Wildman–Crippen MR) is 89.2 cm³/mol. The van der Waals surface area contributed by atoms with Crippen LogP contribution in [0.15, 0.2) is 24.3 Å². The molecule has 2 fully saturated rings. The molecule has 1 aromatic carbocycles. The second-order valence-corrected chi connectivity index (χ2v) is 7.02. The SMILES string of the molecule is c1ccc2c(c1)N(CC1CCNCC1)CCN2CC1CC1. The number of para-hydroxylation sites is 2. The number of hydrogen-bond acceptors (Lipinski definition) is 3. The molecule has 1 aliphatic carbocycles. The number of benzene rings is 1. The van der Waals surface area contributed by atoms with E-state index < -0.39 is 0 Å². The number of hydrogen-bond donors (Lipinski definition) is 1. The monoisotopic (exact) mass is 285 g/mol. The van der Waals surface area contributed by atoms with Crippen LogP contribution in [0.1, 0.15) is 25.7 Å². The van der Waals surface area contributed by atoms with Crippen molar-refractivity contribution in [2.75, 3.05) is 49.1 Å². The summed E-state index contributed by atoms with van der Waals surface area (Å²) < 4.78 is 0. The standard InChI is InChI=1S/C18H27N3/c1-2-4-18-17(3-1)20(13-15-5-6-15)11-12-21(18)14-16-7-9-19-10-8-16/h1-4,15-16,19H,5-14H2. The highest BCUT2D eigenvalue weighted by Crippen LogP contribution is 2.37. The summed E-state index contributed by atoms with van der Waals surface area (Å²) in [5.74, 6) is 1.84. The molecule has 0 bridgehead atoms. The van der Waals surface area contributed by atoms with Crippen molar-refractivity contribution in [1.82, 2.24) is 5.32 Å². The minimum Gasteiger partial charge on any atom is -0.368 e. The molecule has 2 aliphatic heterocycles. The third kappa shape index (κ3) is 3.03. The van der Waals surface area contributed by atoms with Gasteiger partial charge in [0.2, 0.25) is 0 Å². The predicted octanol–water partition coefficient (Wildman–Crippen LogP) is 2.72. The van der Waals surface area contributed by atoms with E-state index in [0.717, 1.165) is 11.8 Å².